The highest BCUT2D eigenvalue weighted by Gasteiger charge is 2.29. The summed E-state index contributed by atoms with van der Waals surface area (Å²) in [6.07, 6.45) is 1.86. The zero-order valence-electron chi connectivity index (χ0n) is 8.27. The summed E-state index contributed by atoms with van der Waals surface area (Å²) in [5.41, 5.74) is 0. The first-order valence-electron chi connectivity index (χ1n) is 4.78. The highest BCUT2D eigenvalue weighted by Crippen LogP contribution is 2.29. The van der Waals surface area contributed by atoms with E-state index in [9.17, 15) is 4.79 Å². The predicted molar refractivity (Wildman–Crippen MR) is 49.2 cm³/mol. The molecule has 1 unspecified atom stereocenters. The van der Waals surface area contributed by atoms with Crippen LogP contribution in [0.1, 0.15) is 42.8 Å². The number of aromatic nitrogens is 3. The Morgan fingerprint density at radius 1 is 1.64 bits per heavy atom. The molecule has 0 fully saturated rings. The molecule has 1 aromatic rings. The SMILES string of the molecule is CC(C)C1CCc2nc(C(=O)O)nn21. The third-order valence-electron chi connectivity index (χ3n) is 2.64. The van der Waals surface area contributed by atoms with Crippen LogP contribution in [0.4, 0.5) is 0 Å². The average Bonchev–Trinajstić information content (AvgIpc) is 2.58. The minimum absolute atomic E-state index is 0.0784. The van der Waals surface area contributed by atoms with Gasteiger partial charge in [-0.25, -0.2) is 14.5 Å². The summed E-state index contributed by atoms with van der Waals surface area (Å²) >= 11 is 0. The minimum atomic E-state index is -1.05. The largest absolute Gasteiger partial charge is 0.475 e. The summed E-state index contributed by atoms with van der Waals surface area (Å²) in [6.45, 7) is 4.23. The third kappa shape index (κ3) is 1.29. The van der Waals surface area contributed by atoms with Crippen molar-refractivity contribution in [2.75, 3.05) is 0 Å². The van der Waals surface area contributed by atoms with Gasteiger partial charge in [0.15, 0.2) is 0 Å². The number of aryl methyl sites for hydroxylation is 1. The van der Waals surface area contributed by atoms with Crippen molar-refractivity contribution < 1.29 is 9.90 Å². The van der Waals surface area contributed by atoms with E-state index in [1.165, 1.54) is 0 Å². The Bertz CT molecular complexity index is 370. The van der Waals surface area contributed by atoms with Crippen molar-refractivity contribution in [2.45, 2.75) is 32.7 Å². The monoisotopic (exact) mass is 195 g/mol. The second-order valence-corrected chi connectivity index (χ2v) is 3.95. The smallest absolute Gasteiger partial charge is 0.375 e. The van der Waals surface area contributed by atoms with Crippen molar-refractivity contribution in [1.29, 1.82) is 0 Å². The van der Waals surface area contributed by atoms with Gasteiger partial charge in [-0.15, -0.1) is 5.10 Å². The molecule has 0 saturated carbocycles. The molecule has 2 heterocycles. The van der Waals surface area contributed by atoms with Crippen molar-refractivity contribution in [3.05, 3.63) is 11.6 Å². The van der Waals surface area contributed by atoms with Crippen molar-refractivity contribution in [1.82, 2.24) is 14.8 Å². The lowest BCUT2D eigenvalue weighted by Crippen LogP contribution is -2.13. The van der Waals surface area contributed by atoms with Crippen LogP contribution in [0.3, 0.4) is 0 Å². The molecule has 0 saturated heterocycles. The van der Waals surface area contributed by atoms with Gasteiger partial charge in [-0.2, -0.15) is 0 Å². The van der Waals surface area contributed by atoms with E-state index in [4.69, 9.17) is 5.11 Å². The Kier molecular flexibility index (Phi) is 2.02. The molecule has 0 spiro atoms. The molecule has 2 rings (SSSR count). The molecule has 0 bridgehead atoms. The quantitative estimate of drug-likeness (QED) is 0.767. The zero-order chi connectivity index (χ0) is 10.3. The van der Waals surface area contributed by atoms with Gasteiger partial charge in [0.1, 0.15) is 5.82 Å². The topological polar surface area (TPSA) is 68.0 Å². The predicted octanol–water partition coefficient (Wildman–Crippen LogP) is 1.12. The van der Waals surface area contributed by atoms with Gasteiger partial charge in [0.2, 0.25) is 0 Å². The van der Waals surface area contributed by atoms with Gasteiger partial charge in [0.25, 0.3) is 5.82 Å². The lowest BCUT2D eigenvalue weighted by Gasteiger charge is -2.14. The number of carboxylic acids is 1. The molecule has 0 radical (unpaired) electrons. The van der Waals surface area contributed by atoms with Crippen LogP contribution in [-0.4, -0.2) is 25.8 Å². The van der Waals surface area contributed by atoms with E-state index in [0.717, 1.165) is 18.7 Å². The summed E-state index contributed by atoms with van der Waals surface area (Å²) in [6, 6.07) is 0.311. The molecule has 1 aliphatic rings. The molecule has 5 heteroatoms. The van der Waals surface area contributed by atoms with Gasteiger partial charge in [-0.05, 0) is 12.3 Å². The van der Waals surface area contributed by atoms with E-state index < -0.39 is 5.97 Å². The minimum Gasteiger partial charge on any atom is -0.475 e. The van der Waals surface area contributed by atoms with Crippen molar-refractivity contribution in [3.8, 4) is 0 Å². The van der Waals surface area contributed by atoms with Crippen LogP contribution in [0.5, 0.6) is 0 Å². The number of nitrogens with zero attached hydrogens (tertiary/aromatic N) is 3. The number of carbonyl (C=O) groups is 1. The molecule has 5 nitrogen and oxygen atoms in total. The number of aromatic carboxylic acids is 1. The van der Waals surface area contributed by atoms with E-state index >= 15 is 0 Å². The van der Waals surface area contributed by atoms with Crippen LogP contribution in [0, 0.1) is 5.92 Å². The number of hydrogen-bond acceptors (Lipinski definition) is 3. The fraction of sp³-hybridized carbons (Fsp3) is 0.667. The van der Waals surface area contributed by atoms with Gasteiger partial charge in [0.05, 0.1) is 6.04 Å². The van der Waals surface area contributed by atoms with Crippen molar-refractivity contribution in [2.24, 2.45) is 5.92 Å². The summed E-state index contributed by atoms with van der Waals surface area (Å²) in [5.74, 6) is 0.153. The zero-order valence-corrected chi connectivity index (χ0v) is 8.27. The van der Waals surface area contributed by atoms with Gasteiger partial charge in [-0.3, -0.25) is 0 Å². The maximum Gasteiger partial charge on any atom is 0.375 e. The fourth-order valence-electron chi connectivity index (χ4n) is 1.90. The molecular formula is C9H13N3O2. The number of fused-ring (bicyclic) bond motifs is 1. The fourth-order valence-corrected chi connectivity index (χ4v) is 1.90. The lowest BCUT2D eigenvalue weighted by atomic mass is 10.0. The first-order valence-corrected chi connectivity index (χ1v) is 4.78. The van der Waals surface area contributed by atoms with Crippen LogP contribution < -0.4 is 0 Å². The summed E-state index contributed by atoms with van der Waals surface area (Å²) in [4.78, 5) is 14.6. The maximum absolute atomic E-state index is 10.6. The second-order valence-electron chi connectivity index (χ2n) is 3.95. The summed E-state index contributed by atoms with van der Waals surface area (Å²) < 4.78 is 1.77. The van der Waals surface area contributed by atoms with Gasteiger partial charge in [0, 0.05) is 6.42 Å². The summed E-state index contributed by atoms with van der Waals surface area (Å²) in [7, 11) is 0. The van der Waals surface area contributed by atoms with Crippen molar-refractivity contribution in [3.63, 3.8) is 0 Å². The number of carboxylic acid groups (broad SMARTS) is 1. The molecule has 0 aliphatic carbocycles. The van der Waals surface area contributed by atoms with Crippen molar-refractivity contribution >= 4 is 5.97 Å². The van der Waals surface area contributed by atoms with Crippen LogP contribution in [0.15, 0.2) is 0 Å². The highest BCUT2D eigenvalue weighted by molar-refractivity contribution is 5.82. The maximum atomic E-state index is 10.6. The average molecular weight is 195 g/mol. The highest BCUT2D eigenvalue weighted by atomic mass is 16.4. The molecule has 76 valence electrons. The first-order chi connectivity index (χ1) is 6.59. The van der Waals surface area contributed by atoms with E-state index in [1.54, 1.807) is 4.68 Å². The molecule has 14 heavy (non-hydrogen) atoms. The molecule has 1 N–H and O–H groups in total. The van der Waals surface area contributed by atoms with E-state index in [0.29, 0.717) is 12.0 Å². The molecule has 0 aromatic carbocycles. The standard InChI is InChI=1S/C9H13N3O2/c1-5(2)6-3-4-7-10-8(9(13)14)11-12(6)7/h5-6H,3-4H2,1-2H3,(H,13,14). The third-order valence-corrected chi connectivity index (χ3v) is 2.64. The van der Waals surface area contributed by atoms with E-state index in [-0.39, 0.29) is 5.82 Å². The van der Waals surface area contributed by atoms with Crippen LogP contribution in [-0.2, 0) is 6.42 Å². The lowest BCUT2D eigenvalue weighted by molar-refractivity contribution is 0.0682. The Morgan fingerprint density at radius 3 is 2.93 bits per heavy atom. The van der Waals surface area contributed by atoms with Gasteiger partial charge < -0.3 is 5.11 Å². The summed E-state index contributed by atoms with van der Waals surface area (Å²) in [5, 5.41) is 12.7. The molecular weight excluding hydrogens is 182 g/mol. The van der Waals surface area contributed by atoms with E-state index in [2.05, 4.69) is 23.9 Å². The Labute approximate surface area is 81.8 Å². The Balaban J connectivity index is 2.35. The van der Waals surface area contributed by atoms with Gasteiger partial charge >= 0.3 is 5.97 Å². The molecule has 1 atom stereocenters. The number of rotatable bonds is 2. The van der Waals surface area contributed by atoms with Crippen LogP contribution >= 0.6 is 0 Å². The van der Waals surface area contributed by atoms with Crippen LogP contribution in [0.2, 0.25) is 0 Å². The molecule has 0 amide bonds. The second kappa shape index (κ2) is 3.08. The Morgan fingerprint density at radius 2 is 2.36 bits per heavy atom. The molecule has 1 aromatic heterocycles. The van der Waals surface area contributed by atoms with E-state index in [1.807, 2.05) is 0 Å². The first kappa shape index (κ1) is 9.18. The van der Waals surface area contributed by atoms with Crippen LogP contribution in [0.25, 0.3) is 0 Å². The number of hydrogen-bond donors (Lipinski definition) is 1. The normalized spacial score (nSPS) is 20.1. The Hall–Kier alpha value is -1.39. The van der Waals surface area contributed by atoms with Gasteiger partial charge in [-0.1, -0.05) is 13.8 Å². The molecule has 1 aliphatic heterocycles.